The van der Waals surface area contributed by atoms with Crippen LogP contribution in [-0.4, -0.2) is 26.6 Å². The first-order chi connectivity index (χ1) is 17.7. The summed E-state index contributed by atoms with van der Waals surface area (Å²) in [6.07, 6.45) is 8.54. The number of nitrogens with zero attached hydrogens (tertiary/aromatic N) is 3. The Kier molecular flexibility index (Phi) is 6.43. The SMILES string of the molecule is O=C1C(=Cc2cn(Cc3ccccc3Cl)c3ccccc23)SC(=Nc2ccccc2)N1C1CCCC1. The number of hydrogen-bond acceptors (Lipinski definition) is 3. The summed E-state index contributed by atoms with van der Waals surface area (Å²) in [4.78, 5) is 21.3. The van der Waals surface area contributed by atoms with Crippen LogP contribution in [0.2, 0.25) is 5.02 Å². The lowest BCUT2D eigenvalue weighted by atomic mass is 10.1. The Bertz CT molecular complexity index is 1480. The zero-order valence-electron chi connectivity index (χ0n) is 19.8. The molecule has 180 valence electrons. The second-order valence-corrected chi connectivity index (χ2v) is 10.7. The second-order valence-electron chi connectivity index (χ2n) is 9.27. The van der Waals surface area contributed by atoms with Crippen molar-refractivity contribution in [3.05, 3.63) is 106 Å². The fourth-order valence-electron chi connectivity index (χ4n) is 5.13. The molecule has 2 fully saturated rings. The van der Waals surface area contributed by atoms with Gasteiger partial charge < -0.3 is 4.57 Å². The molecule has 4 aromatic rings. The van der Waals surface area contributed by atoms with Gasteiger partial charge in [0.05, 0.1) is 10.6 Å². The second kappa shape index (κ2) is 10.00. The number of aliphatic imine (C=N–C) groups is 1. The smallest absolute Gasteiger partial charge is 0.267 e. The van der Waals surface area contributed by atoms with E-state index in [4.69, 9.17) is 16.6 Å². The number of para-hydroxylation sites is 2. The largest absolute Gasteiger partial charge is 0.342 e. The number of benzene rings is 3. The molecule has 1 aliphatic heterocycles. The quantitative estimate of drug-likeness (QED) is 0.255. The van der Waals surface area contributed by atoms with E-state index in [0.29, 0.717) is 6.54 Å². The molecule has 36 heavy (non-hydrogen) atoms. The maximum Gasteiger partial charge on any atom is 0.267 e. The lowest BCUT2D eigenvalue weighted by molar-refractivity contribution is -0.123. The molecule has 1 aromatic heterocycles. The van der Waals surface area contributed by atoms with Crippen molar-refractivity contribution in [2.45, 2.75) is 38.3 Å². The minimum absolute atomic E-state index is 0.0597. The fourth-order valence-corrected chi connectivity index (χ4v) is 6.38. The molecule has 0 bridgehead atoms. The highest BCUT2D eigenvalue weighted by Crippen LogP contribution is 2.39. The zero-order chi connectivity index (χ0) is 24.5. The van der Waals surface area contributed by atoms with Crippen molar-refractivity contribution in [2.75, 3.05) is 0 Å². The number of carbonyl (C=O) groups is 1. The van der Waals surface area contributed by atoms with Crippen LogP contribution in [0.4, 0.5) is 5.69 Å². The summed E-state index contributed by atoms with van der Waals surface area (Å²) in [6, 6.07) is 26.4. The molecular formula is C30H26ClN3OS. The molecule has 0 atom stereocenters. The number of amides is 1. The standard InChI is InChI=1S/C30H26ClN3OS/c31-26-16-8-4-10-21(26)19-33-20-22(25-15-7-9-17-27(25)33)18-28-29(35)34(24-13-5-6-14-24)30(36-28)32-23-11-2-1-3-12-23/h1-4,7-12,15-18,20,24H,5-6,13-14,19H2. The molecule has 2 aliphatic rings. The molecule has 3 aromatic carbocycles. The van der Waals surface area contributed by atoms with Crippen molar-refractivity contribution in [3.8, 4) is 0 Å². The molecule has 6 heteroatoms. The first-order valence-corrected chi connectivity index (χ1v) is 13.5. The Labute approximate surface area is 220 Å². The van der Waals surface area contributed by atoms with Gasteiger partial charge >= 0.3 is 0 Å². The summed E-state index contributed by atoms with van der Waals surface area (Å²) >= 11 is 7.94. The maximum absolute atomic E-state index is 13.7. The molecule has 0 N–H and O–H groups in total. The normalized spacial score (nSPS) is 18.8. The number of aromatic nitrogens is 1. The van der Waals surface area contributed by atoms with Gasteiger partial charge in [0, 0.05) is 40.3 Å². The van der Waals surface area contributed by atoms with E-state index in [2.05, 4.69) is 29.0 Å². The molecule has 6 rings (SSSR count). The third-order valence-electron chi connectivity index (χ3n) is 6.91. The number of thioether (sulfide) groups is 1. The maximum atomic E-state index is 13.7. The van der Waals surface area contributed by atoms with Crippen molar-refractivity contribution in [1.29, 1.82) is 0 Å². The average Bonchev–Trinajstić information content (AvgIpc) is 3.61. The van der Waals surface area contributed by atoms with Gasteiger partial charge in [0.1, 0.15) is 0 Å². The number of hydrogen-bond donors (Lipinski definition) is 0. The highest BCUT2D eigenvalue weighted by Gasteiger charge is 2.39. The first-order valence-electron chi connectivity index (χ1n) is 12.4. The van der Waals surface area contributed by atoms with Gasteiger partial charge in [-0.2, -0.15) is 0 Å². The number of carbonyl (C=O) groups excluding carboxylic acids is 1. The lowest BCUT2D eigenvalue weighted by Crippen LogP contribution is -2.37. The third kappa shape index (κ3) is 4.49. The van der Waals surface area contributed by atoms with Gasteiger partial charge in [0.15, 0.2) is 5.17 Å². The van der Waals surface area contributed by atoms with E-state index >= 15 is 0 Å². The topological polar surface area (TPSA) is 37.6 Å². The molecular weight excluding hydrogens is 486 g/mol. The van der Waals surface area contributed by atoms with Gasteiger partial charge in [-0.1, -0.05) is 79.0 Å². The number of fused-ring (bicyclic) bond motifs is 1. The number of halogens is 1. The van der Waals surface area contributed by atoms with Crippen molar-refractivity contribution in [2.24, 2.45) is 4.99 Å². The van der Waals surface area contributed by atoms with Crippen LogP contribution in [0.5, 0.6) is 0 Å². The van der Waals surface area contributed by atoms with Crippen LogP contribution in [0.25, 0.3) is 17.0 Å². The monoisotopic (exact) mass is 511 g/mol. The van der Waals surface area contributed by atoms with E-state index in [1.165, 1.54) is 11.8 Å². The van der Waals surface area contributed by atoms with Crippen LogP contribution >= 0.6 is 23.4 Å². The Balaban J connectivity index is 1.39. The van der Waals surface area contributed by atoms with Gasteiger partial charge in [0.25, 0.3) is 5.91 Å². The van der Waals surface area contributed by atoms with E-state index in [1.54, 1.807) is 0 Å². The molecule has 0 unspecified atom stereocenters. The molecule has 1 saturated heterocycles. The Hall–Kier alpha value is -3.28. The highest BCUT2D eigenvalue weighted by atomic mass is 35.5. The minimum Gasteiger partial charge on any atom is -0.342 e. The van der Waals surface area contributed by atoms with Gasteiger partial charge in [0.2, 0.25) is 0 Å². The Morgan fingerprint density at radius 2 is 1.67 bits per heavy atom. The lowest BCUT2D eigenvalue weighted by Gasteiger charge is -2.22. The Morgan fingerprint density at radius 1 is 0.944 bits per heavy atom. The molecule has 4 nitrogen and oxygen atoms in total. The van der Waals surface area contributed by atoms with E-state index < -0.39 is 0 Å². The van der Waals surface area contributed by atoms with E-state index in [1.807, 2.05) is 71.6 Å². The zero-order valence-corrected chi connectivity index (χ0v) is 21.4. The summed E-state index contributed by atoms with van der Waals surface area (Å²) in [5, 5.41) is 2.65. The van der Waals surface area contributed by atoms with Gasteiger partial charge in [-0.3, -0.25) is 9.69 Å². The summed E-state index contributed by atoms with van der Waals surface area (Å²) in [5.74, 6) is 0.0597. The average molecular weight is 512 g/mol. The van der Waals surface area contributed by atoms with E-state index in [9.17, 15) is 4.79 Å². The predicted octanol–water partition coefficient (Wildman–Crippen LogP) is 7.89. The summed E-state index contributed by atoms with van der Waals surface area (Å²) < 4.78 is 2.21. The van der Waals surface area contributed by atoms with E-state index in [0.717, 1.165) is 68.5 Å². The van der Waals surface area contributed by atoms with Crippen LogP contribution in [0.3, 0.4) is 0 Å². The van der Waals surface area contributed by atoms with Gasteiger partial charge in [-0.05, 0) is 60.5 Å². The minimum atomic E-state index is 0.0597. The molecule has 1 saturated carbocycles. The van der Waals surface area contributed by atoms with Gasteiger partial charge in [-0.15, -0.1) is 0 Å². The first kappa shape index (κ1) is 23.1. The van der Waals surface area contributed by atoms with Crippen LogP contribution in [0.15, 0.2) is 95.0 Å². The molecule has 0 spiro atoms. The van der Waals surface area contributed by atoms with Gasteiger partial charge in [-0.25, -0.2) is 4.99 Å². The van der Waals surface area contributed by atoms with Crippen molar-refractivity contribution >= 4 is 57.1 Å². The molecule has 2 heterocycles. The van der Waals surface area contributed by atoms with Crippen LogP contribution in [0.1, 0.15) is 36.8 Å². The molecule has 0 radical (unpaired) electrons. The number of amidine groups is 1. The summed E-state index contributed by atoms with van der Waals surface area (Å²) in [6.45, 7) is 0.666. The van der Waals surface area contributed by atoms with Crippen molar-refractivity contribution < 1.29 is 4.79 Å². The van der Waals surface area contributed by atoms with Crippen LogP contribution in [-0.2, 0) is 11.3 Å². The summed E-state index contributed by atoms with van der Waals surface area (Å²) in [5.41, 5.74) is 4.08. The van der Waals surface area contributed by atoms with E-state index in [-0.39, 0.29) is 11.9 Å². The predicted molar refractivity (Wildman–Crippen MR) is 151 cm³/mol. The fraction of sp³-hybridized carbons (Fsp3) is 0.200. The third-order valence-corrected chi connectivity index (χ3v) is 8.26. The van der Waals surface area contributed by atoms with Crippen molar-refractivity contribution in [3.63, 3.8) is 0 Å². The number of rotatable bonds is 5. The van der Waals surface area contributed by atoms with Crippen molar-refractivity contribution in [1.82, 2.24) is 9.47 Å². The molecule has 1 amide bonds. The highest BCUT2D eigenvalue weighted by molar-refractivity contribution is 8.18. The summed E-state index contributed by atoms with van der Waals surface area (Å²) in [7, 11) is 0. The van der Waals surface area contributed by atoms with Crippen LogP contribution in [0, 0.1) is 0 Å². The van der Waals surface area contributed by atoms with Crippen LogP contribution < -0.4 is 0 Å². The molecule has 1 aliphatic carbocycles. The Morgan fingerprint density at radius 3 is 2.47 bits per heavy atom.